The number of rotatable bonds is 6. The Morgan fingerprint density at radius 2 is 1.85 bits per heavy atom. The summed E-state index contributed by atoms with van der Waals surface area (Å²) in [5.74, 6) is -0.516. The molecule has 1 aliphatic heterocycles. The summed E-state index contributed by atoms with van der Waals surface area (Å²) in [5, 5.41) is 6.05. The van der Waals surface area contributed by atoms with E-state index in [1.807, 2.05) is 13.8 Å². The number of H-pyrrole nitrogens is 1. The van der Waals surface area contributed by atoms with Gasteiger partial charge >= 0.3 is 0 Å². The summed E-state index contributed by atoms with van der Waals surface area (Å²) in [6.45, 7) is 3.97. The van der Waals surface area contributed by atoms with E-state index in [0.717, 1.165) is 0 Å². The summed E-state index contributed by atoms with van der Waals surface area (Å²) in [6.07, 6.45) is 0.380. The van der Waals surface area contributed by atoms with Gasteiger partial charge in [0.25, 0.3) is 11.5 Å². The van der Waals surface area contributed by atoms with Crippen molar-refractivity contribution in [2.45, 2.75) is 45.8 Å². The van der Waals surface area contributed by atoms with Gasteiger partial charge in [-0.25, -0.2) is 14.4 Å². The van der Waals surface area contributed by atoms with Crippen LogP contribution in [-0.4, -0.2) is 43.4 Å². The Labute approximate surface area is 189 Å². The number of nitrogens with zero attached hydrogens (tertiary/aromatic N) is 4. The minimum absolute atomic E-state index is 0.0987. The number of aromatic amines is 1. The molecule has 33 heavy (non-hydrogen) atoms. The summed E-state index contributed by atoms with van der Waals surface area (Å²) >= 11 is 0. The molecule has 2 heterocycles. The average molecular weight is 449 g/mol. The van der Waals surface area contributed by atoms with Crippen LogP contribution >= 0.6 is 0 Å². The van der Waals surface area contributed by atoms with Crippen LogP contribution in [0.4, 0.5) is 4.39 Å². The third-order valence-electron chi connectivity index (χ3n) is 5.46. The van der Waals surface area contributed by atoms with E-state index in [4.69, 9.17) is 0 Å². The number of carbonyl (C=O) groups excluding carboxylic acids is 2. The number of carbonyl (C=O) groups is 2. The Kier molecular flexibility index (Phi) is 6.30. The van der Waals surface area contributed by atoms with E-state index >= 15 is 0 Å². The van der Waals surface area contributed by atoms with Crippen molar-refractivity contribution >= 4 is 28.4 Å². The van der Waals surface area contributed by atoms with Crippen molar-refractivity contribution in [3.05, 3.63) is 76.1 Å². The molecule has 0 fully saturated rings. The first-order valence-electron chi connectivity index (χ1n) is 10.7. The van der Waals surface area contributed by atoms with Crippen LogP contribution in [0.2, 0.25) is 0 Å². The van der Waals surface area contributed by atoms with E-state index in [1.165, 1.54) is 17.1 Å². The predicted molar refractivity (Wildman–Crippen MR) is 122 cm³/mol. The first-order valence-corrected chi connectivity index (χ1v) is 10.7. The molecule has 0 saturated carbocycles. The maximum atomic E-state index is 13.3. The van der Waals surface area contributed by atoms with Gasteiger partial charge in [-0.05, 0) is 43.7 Å². The highest BCUT2D eigenvalue weighted by molar-refractivity contribution is 6.39. The van der Waals surface area contributed by atoms with Gasteiger partial charge in [-0.1, -0.05) is 24.3 Å². The zero-order chi connectivity index (χ0) is 23.5. The molecule has 3 aromatic rings. The molecule has 0 saturated heterocycles. The van der Waals surface area contributed by atoms with Crippen molar-refractivity contribution in [3.63, 3.8) is 0 Å². The lowest BCUT2D eigenvalue weighted by atomic mass is 10.1. The number of fused-ring (bicyclic) bond motifs is 1. The minimum Gasteiger partial charge on any atom is -0.328 e. The molecular weight excluding hydrogens is 425 g/mol. The van der Waals surface area contributed by atoms with E-state index < -0.39 is 0 Å². The molecule has 1 aliphatic rings. The van der Waals surface area contributed by atoms with Crippen molar-refractivity contribution < 1.29 is 14.0 Å². The van der Waals surface area contributed by atoms with Gasteiger partial charge in [0, 0.05) is 18.9 Å². The molecule has 170 valence electrons. The normalized spacial score (nSPS) is 14.0. The van der Waals surface area contributed by atoms with Gasteiger partial charge in [-0.15, -0.1) is 0 Å². The highest BCUT2D eigenvalue weighted by Gasteiger charge is 2.29. The molecular formula is C24H24FN5O3. The van der Waals surface area contributed by atoms with Crippen LogP contribution in [0, 0.1) is 5.82 Å². The maximum Gasteiger partial charge on any atom is 0.270 e. The second kappa shape index (κ2) is 9.32. The average Bonchev–Trinajstić information content (AvgIpc) is 2.80. The standard InChI is InChI=1S/C24H24FN5O3/c1-15(2)29(14-21-26-19-6-4-3-5-18(19)23(32)27-21)24(33)20-11-12-22(31)30(28-20)13-16-7-9-17(25)10-8-16/h3-10,15H,11-14H2,1-2H3,(H,26,27,32). The van der Waals surface area contributed by atoms with E-state index in [0.29, 0.717) is 22.3 Å². The van der Waals surface area contributed by atoms with Gasteiger partial charge in [0.1, 0.15) is 17.4 Å². The molecule has 2 aromatic carbocycles. The number of benzene rings is 2. The first kappa shape index (κ1) is 22.3. The summed E-state index contributed by atoms with van der Waals surface area (Å²) in [7, 11) is 0. The lowest BCUT2D eigenvalue weighted by Crippen LogP contribution is -2.44. The molecule has 1 N–H and O–H groups in total. The number of hydrogen-bond acceptors (Lipinski definition) is 5. The molecule has 0 atom stereocenters. The fraction of sp³-hybridized carbons (Fsp3) is 0.292. The predicted octanol–water partition coefficient (Wildman–Crippen LogP) is 2.98. The monoisotopic (exact) mass is 449 g/mol. The van der Waals surface area contributed by atoms with Gasteiger partial charge in [0.2, 0.25) is 5.91 Å². The fourth-order valence-corrected chi connectivity index (χ4v) is 3.67. The topological polar surface area (TPSA) is 98.7 Å². The SMILES string of the molecule is CC(C)N(Cc1nc2ccccc2c(=O)[nH]1)C(=O)C1=NN(Cc2ccc(F)cc2)C(=O)CC1. The van der Waals surface area contributed by atoms with Crippen LogP contribution in [0.5, 0.6) is 0 Å². The molecule has 4 rings (SSSR count). The Bertz CT molecular complexity index is 1280. The first-order chi connectivity index (χ1) is 15.8. The van der Waals surface area contributed by atoms with Crippen molar-refractivity contribution in [1.82, 2.24) is 19.9 Å². The Morgan fingerprint density at radius 1 is 1.12 bits per heavy atom. The number of halogens is 1. The summed E-state index contributed by atoms with van der Waals surface area (Å²) < 4.78 is 13.2. The quantitative estimate of drug-likeness (QED) is 0.625. The van der Waals surface area contributed by atoms with Gasteiger partial charge < -0.3 is 9.88 Å². The van der Waals surface area contributed by atoms with Gasteiger partial charge in [-0.2, -0.15) is 5.10 Å². The van der Waals surface area contributed by atoms with Gasteiger partial charge in [0.15, 0.2) is 0 Å². The molecule has 0 bridgehead atoms. The van der Waals surface area contributed by atoms with E-state index in [-0.39, 0.29) is 60.9 Å². The summed E-state index contributed by atoms with van der Waals surface area (Å²) in [6, 6.07) is 12.6. The maximum absolute atomic E-state index is 13.3. The van der Waals surface area contributed by atoms with Crippen LogP contribution in [0.25, 0.3) is 10.9 Å². The van der Waals surface area contributed by atoms with Crippen molar-refractivity contribution in [1.29, 1.82) is 0 Å². The molecule has 0 radical (unpaired) electrons. The Hall–Kier alpha value is -3.88. The van der Waals surface area contributed by atoms with Crippen molar-refractivity contribution in [3.8, 4) is 0 Å². The number of para-hydroxylation sites is 1. The number of nitrogens with one attached hydrogen (secondary N) is 1. The van der Waals surface area contributed by atoms with Crippen LogP contribution in [-0.2, 0) is 22.7 Å². The number of amides is 2. The summed E-state index contributed by atoms with van der Waals surface area (Å²) in [4.78, 5) is 46.9. The third kappa shape index (κ3) is 4.97. The van der Waals surface area contributed by atoms with Crippen molar-refractivity contribution in [2.75, 3.05) is 0 Å². The van der Waals surface area contributed by atoms with Gasteiger partial charge in [-0.3, -0.25) is 14.4 Å². The largest absolute Gasteiger partial charge is 0.328 e. The molecule has 0 unspecified atom stereocenters. The van der Waals surface area contributed by atoms with Crippen LogP contribution < -0.4 is 5.56 Å². The zero-order valence-corrected chi connectivity index (χ0v) is 18.4. The molecule has 1 aromatic heterocycles. The zero-order valence-electron chi connectivity index (χ0n) is 18.4. The van der Waals surface area contributed by atoms with Gasteiger partial charge in [0.05, 0.1) is 24.0 Å². The Morgan fingerprint density at radius 3 is 2.58 bits per heavy atom. The second-order valence-corrected chi connectivity index (χ2v) is 8.18. The third-order valence-corrected chi connectivity index (χ3v) is 5.46. The van der Waals surface area contributed by atoms with Crippen LogP contribution in [0.3, 0.4) is 0 Å². The van der Waals surface area contributed by atoms with E-state index in [1.54, 1.807) is 41.3 Å². The second-order valence-electron chi connectivity index (χ2n) is 8.18. The number of hydrogen-bond donors (Lipinski definition) is 1. The van der Waals surface area contributed by atoms with Crippen LogP contribution in [0.15, 0.2) is 58.4 Å². The van der Waals surface area contributed by atoms with Crippen LogP contribution in [0.1, 0.15) is 38.1 Å². The van der Waals surface area contributed by atoms with E-state index in [2.05, 4.69) is 15.1 Å². The number of aromatic nitrogens is 2. The molecule has 8 nitrogen and oxygen atoms in total. The van der Waals surface area contributed by atoms with E-state index in [9.17, 15) is 18.8 Å². The molecule has 9 heteroatoms. The fourth-order valence-electron chi connectivity index (χ4n) is 3.67. The Balaban J connectivity index is 1.57. The highest BCUT2D eigenvalue weighted by Crippen LogP contribution is 2.17. The number of hydrazone groups is 1. The lowest BCUT2D eigenvalue weighted by molar-refractivity contribution is -0.133. The summed E-state index contributed by atoms with van der Waals surface area (Å²) in [5.41, 5.74) is 1.26. The smallest absolute Gasteiger partial charge is 0.270 e. The lowest BCUT2D eigenvalue weighted by Gasteiger charge is -2.29. The minimum atomic E-state index is -0.365. The highest BCUT2D eigenvalue weighted by atomic mass is 19.1. The molecule has 0 spiro atoms. The van der Waals surface area contributed by atoms with Crippen molar-refractivity contribution in [2.24, 2.45) is 5.10 Å². The molecule has 2 amide bonds. The molecule has 0 aliphatic carbocycles.